The highest BCUT2D eigenvalue weighted by Crippen LogP contribution is 2.31. The number of benzene rings is 1. The van der Waals surface area contributed by atoms with E-state index in [9.17, 15) is 9.59 Å². The van der Waals surface area contributed by atoms with E-state index >= 15 is 0 Å². The Morgan fingerprint density at radius 3 is 2.83 bits per heavy atom. The first-order valence-electron chi connectivity index (χ1n) is 7.24. The maximum atomic E-state index is 12.1. The van der Waals surface area contributed by atoms with Gasteiger partial charge in [-0.15, -0.1) is 0 Å². The molecule has 7 heteroatoms. The second-order valence-corrected chi connectivity index (χ2v) is 5.11. The van der Waals surface area contributed by atoms with Gasteiger partial charge in [0.05, 0.1) is 12.5 Å². The van der Waals surface area contributed by atoms with Crippen molar-refractivity contribution in [1.82, 2.24) is 4.90 Å². The van der Waals surface area contributed by atoms with Crippen LogP contribution >= 0.6 is 0 Å². The quantitative estimate of drug-likeness (QED) is 0.756. The lowest BCUT2D eigenvalue weighted by molar-refractivity contribution is -0.166. The fraction of sp³-hybridized carbons (Fsp3) is 0.438. The van der Waals surface area contributed by atoms with Gasteiger partial charge in [-0.05, 0) is 19.1 Å². The third-order valence-electron chi connectivity index (χ3n) is 3.35. The Kier molecular flexibility index (Phi) is 5.41. The van der Waals surface area contributed by atoms with Crippen molar-refractivity contribution in [2.24, 2.45) is 0 Å². The maximum Gasteiger partial charge on any atom is 0.351 e. The van der Waals surface area contributed by atoms with Crippen molar-refractivity contribution in [2.45, 2.75) is 25.6 Å². The number of amides is 1. The lowest BCUT2D eigenvalue weighted by atomic mass is 10.2. The number of ether oxygens (including phenoxy) is 3. The van der Waals surface area contributed by atoms with Crippen molar-refractivity contribution in [3.05, 3.63) is 24.3 Å². The summed E-state index contributed by atoms with van der Waals surface area (Å²) in [5.41, 5.74) is 0. The molecule has 23 heavy (non-hydrogen) atoms. The average Bonchev–Trinajstić information content (AvgIpc) is 2.58. The molecule has 0 saturated carbocycles. The van der Waals surface area contributed by atoms with Crippen LogP contribution in [0.1, 0.15) is 13.3 Å². The van der Waals surface area contributed by atoms with Gasteiger partial charge in [-0.3, -0.25) is 4.79 Å². The highest BCUT2D eigenvalue weighted by Gasteiger charge is 2.31. The minimum Gasteiger partial charge on any atom is -0.485 e. The number of rotatable bonds is 5. The van der Waals surface area contributed by atoms with Crippen LogP contribution in [0.15, 0.2) is 24.3 Å². The third kappa shape index (κ3) is 4.13. The summed E-state index contributed by atoms with van der Waals surface area (Å²) < 4.78 is 16.1. The molecule has 0 saturated heterocycles. The largest absolute Gasteiger partial charge is 0.485 e. The first-order chi connectivity index (χ1) is 11.0. The summed E-state index contributed by atoms with van der Waals surface area (Å²) in [5.74, 6) is 0.00231. The Hall–Kier alpha value is -2.75. The fourth-order valence-electron chi connectivity index (χ4n) is 2.07. The predicted octanol–water partition coefficient (Wildman–Crippen LogP) is 1.13. The van der Waals surface area contributed by atoms with Crippen LogP contribution in [0.2, 0.25) is 0 Å². The molecule has 0 spiro atoms. The van der Waals surface area contributed by atoms with Crippen molar-refractivity contribution < 1.29 is 23.8 Å². The molecule has 0 aromatic heterocycles. The number of likely N-dealkylation sites (N-methyl/N-ethyl adjacent to an activating group) is 1. The standard InChI is InChI=1S/C16H18N2O5/c1-11(15(19)18(2)9-5-8-17)22-16(20)14-10-21-12-6-3-4-7-13(12)23-14/h3-4,6-7,11,14H,5,9-10H2,1-2H3/t11-,14-/m1/s1. The zero-order chi connectivity index (χ0) is 16.8. The van der Waals surface area contributed by atoms with Gasteiger partial charge in [0.15, 0.2) is 17.6 Å². The molecule has 1 amide bonds. The molecule has 2 atom stereocenters. The van der Waals surface area contributed by atoms with Crippen LogP contribution in [0.4, 0.5) is 0 Å². The number of nitrogens with zero attached hydrogens (tertiary/aromatic N) is 2. The molecule has 122 valence electrons. The lowest BCUT2D eigenvalue weighted by Gasteiger charge is -2.26. The summed E-state index contributed by atoms with van der Waals surface area (Å²) in [6.45, 7) is 1.80. The highest BCUT2D eigenvalue weighted by molar-refractivity contribution is 5.84. The molecule has 7 nitrogen and oxygen atoms in total. The minimum absolute atomic E-state index is 0.0288. The number of fused-ring (bicyclic) bond motifs is 1. The minimum atomic E-state index is -0.952. The van der Waals surface area contributed by atoms with Crippen molar-refractivity contribution in [1.29, 1.82) is 5.26 Å². The first kappa shape index (κ1) is 16.6. The van der Waals surface area contributed by atoms with Crippen LogP contribution in [0, 0.1) is 11.3 Å². The predicted molar refractivity (Wildman–Crippen MR) is 79.8 cm³/mol. The Labute approximate surface area is 134 Å². The van der Waals surface area contributed by atoms with E-state index in [2.05, 4.69) is 0 Å². The topological polar surface area (TPSA) is 88.9 Å². The molecule has 1 aromatic rings. The van der Waals surface area contributed by atoms with Gasteiger partial charge >= 0.3 is 5.97 Å². The maximum absolute atomic E-state index is 12.1. The number of carbonyl (C=O) groups is 2. The molecule has 0 fully saturated rings. The van der Waals surface area contributed by atoms with E-state index in [1.165, 1.54) is 11.8 Å². The molecular weight excluding hydrogens is 300 g/mol. The van der Waals surface area contributed by atoms with E-state index in [-0.39, 0.29) is 25.5 Å². The number of para-hydroxylation sites is 2. The zero-order valence-electron chi connectivity index (χ0n) is 13.0. The molecule has 0 N–H and O–H groups in total. The van der Waals surface area contributed by atoms with Crippen LogP contribution in [-0.2, 0) is 14.3 Å². The fourth-order valence-corrected chi connectivity index (χ4v) is 2.07. The molecular formula is C16H18N2O5. The summed E-state index contributed by atoms with van der Waals surface area (Å²) in [6.07, 6.45) is -1.64. The normalized spacial score (nSPS) is 16.8. The van der Waals surface area contributed by atoms with E-state index < -0.39 is 18.2 Å². The Balaban J connectivity index is 1.90. The van der Waals surface area contributed by atoms with Gasteiger partial charge < -0.3 is 19.1 Å². The molecule has 0 radical (unpaired) electrons. The molecule has 1 aliphatic heterocycles. The second kappa shape index (κ2) is 7.49. The van der Waals surface area contributed by atoms with Crippen LogP contribution < -0.4 is 9.47 Å². The van der Waals surface area contributed by atoms with Gasteiger partial charge in [0, 0.05) is 13.6 Å². The highest BCUT2D eigenvalue weighted by atomic mass is 16.6. The number of nitriles is 1. The molecule has 0 bridgehead atoms. The van der Waals surface area contributed by atoms with Crippen LogP contribution in [0.25, 0.3) is 0 Å². The van der Waals surface area contributed by atoms with E-state index in [4.69, 9.17) is 19.5 Å². The summed E-state index contributed by atoms with van der Waals surface area (Å²) in [6, 6.07) is 8.97. The van der Waals surface area contributed by atoms with Crippen LogP contribution in [0.5, 0.6) is 11.5 Å². The molecule has 2 rings (SSSR count). The Morgan fingerprint density at radius 2 is 2.13 bits per heavy atom. The van der Waals surface area contributed by atoms with Crippen LogP contribution in [-0.4, -0.2) is 49.2 Å². The van der Waals surface area contributed by atoms with E-state index in [0.717, 1.165) is 0 Å². The summed E-state index contributed by atoms with van der Waals surface area (Å²) in [7, 11) is 1.56. The monoisotopic (exact) mass is 318 g/mol. The second-order valence-electron chi connectivity index (χ2n) is 5.11. The first-order valence-corrected chi connectivity index (χ1v) is 7.24. The Bertz CT molecular complexity index is 625. The molecule has 1 aliphatic rings. The number of hydrogen-bond donors (Lipinski definition) is 0. The SMILES string of the molecule is C[C@@H](OC(=O)[C@H]1COc2ccccc2O1)C(=O)N(C)CCC#N. The van der Waals surface area contributed by atoms with Gasteiger partial charge in [0.25, 0.3) is 5.91 Å². The smallest absolute Gasteiger partial charge is 0.351 e. The number of hydrogen-bond acceptors (Lipinski definition) is 6. The Morgan fingerprint density at radius 1 is 1.43 bits per heavy atom. The van der Waals surface area contributed by atoms with Gasteiger partial charge in [-0.2, -0.15) is 5.26 Å². The van der Waals surface area contributed by atoms with E-state index in [0.29, 0.717) is 11.5 Å². The van der Waals surface area contributed by atoms with E-state index in [1.54, 1.807) is 31.3 Å². The van der Waals surface area contributed by atoms with Gasteiger partial charge in [0.2, 0.25) is 6.10 Å². The number of carbonyl (C=O) groups excluding carboxylic acids is 2. The summed E-state index contributed by atoms with van der Waals surface area (Å²) in [5, 5.41) is 8.53. The van der Waals surface area contributed by atoms with Crippen molar-refractivity contribution >= 4 is 11.9 Å². The lowest BCUT2D eigenvalue weighted by Crippen LogP contribution is -2.43. The summed E-state index contributed by atoms with van der Waals surface area (Å²) >= 11 is 0. The van der Waals surface area contributed by atoms with Gasteiger partial charge in [-0.25, -0.2) is 4.79 Å². The van der Waals surface area contributed by atoms with Crippen molar-refractivity contribution in [2.75, 3.05) is 20.2 Å². The van der Waals surface area contributed by atoms with Crippen LogP contribution in [0.3, 0.4) is 0 Å². The average molecular weight is 318 g/mol. The molecule has 1 heterocycles. The van der Waals surface area contributed by atoms with Gasteiger partial charge in [0.1, 0.15) is 6.61 Å². The van der Waals surface area contributed by atoms with Gasteiger partial charge in [-0.1, -0.05) is 12.1 Å². The molecule has 0 aliphatic carbocycles. The molecule has 0 unspecified atom stereocenters. The summed E-state index contributed by atoms with van der Waals surface area (Å²) in [4.78, 5) is 25.5. The number of esters is 1. The molecule has 1 aromatic carbocycles. The van der Waals surface area contributed by atoms with Crippen molar-refractivity contribution in [3.8, 4) is 17.6 Å². The van der Waals surface area contributed by atoms with E-state index in [1.807, 2.05) is 6.07 Å². The third-order valence-corrected chi connectivity index (χ3v) is 3.35. The zero-order valence-corrected chi connectivity index (χ0v) is 13.0. The van der Waals surface area contributed by atoms with Crippen molar-refractivity contribution in [3.63, 3.8) is 0 Å².